The largest absolute Gasteiger partial charge is 0.462 e. The van der Waals surface area contributed by atoms with Gasteiger partial charge in [0.2, 0.25) is 0 Å². The molecule has 0 aromatic heterocycles. The van der Waals surface area contributed by atoms with E-state index in [1.165, 1.54) is 231 Å². The molecule has 0 spiro atoms. The minimum absolute atomic E-state index is 0.0676. The Balaban J connectivity index is 4.18. The van der Waals surface area contributed by atoms with Crippen molar-refractivity contribution in [2.24, 2.45) is 0 Å². The Morgan fingerprint density at radius 1 is 0.288 bits per heavy atom. The molecule has 0 saturated heterocycles. The van der Waals surface area contributed by atoms with E-state index in [1.54, 1.807) is 0 Å². The summed E-state index contributed by atoms with van der Waals surface area (Å²) in [6.07, 6.45) is 63.6. The van der Waals surface area contributed by atoms with Gasteiger partial charge in [0, 0.05) is 19.3 Å². The summed E-state index contributed by atoms with van der Waals surface area (Å²) in [4.78, 5) is 38.1. The lowest BCUT2D eigenvalue weighted by Crippen LogP contribution is -2.30. The average molecular weight is 932 g/mol. The first kappa shape index (κ1) is 64.2. The van der Waals surface area contributed by atoms with E-state index in [9.17, 15) is 14.4 Å². The van der Waals surface area contributed by atoms with Gasteiger partial charge in [0.05, 0.1) is 0 Å². The third-order valence-electron chi connectivity index (χ3n) is 13.5. The summed E-state index contributed by atoms with van der Waals surface area (Å²) in [6, 6.07) is 0. The molecule has 0 aromatic rings. The third-order valence-corrected chi connectivity index (χ3v) is 13.5. The molecule has 0 radical (unpaired) electrons. The first-order valence-electron chi connectivity index (χ1n) is 29.7. The molecule has 390 valence electrons. The molecule has 0 aromatic carbocycles. The fourth-order valence-corrected chi connectivity index (χ4v) is 9.03. The minimum atomic E-state index is -0.768. The Bertz CT molecular complexity index is 1020. The van der Waals surface area contributed by atoms with Crippen LogP contribution >= 0.6 is 0 Å². The number of hydrogen-bond acceptors (Lipinski definition) is 6. The number of unbranched alkanes of at least 4 members (excludes halogenated alkanes) is 42. The summed E-state index contributed by atoms with van der Waals surface area (Å²) >= 11 is 0. The molecule has 0 amide bonds. The van der Waals surface area contributed by atoms with Crippen LogP contribution in [0.3, 0.4) is 0 Å². The maximum atomic E-state index is 12.8. The molecule has 0 bridgehead atoms. The van der Waals surface area contributed by atoms with Crippen molar-refractivity contribution in [2.75, 3.05) is 13.2 Å². The zero-order chi connectivity index (χ0) is 47.9. The van der Waals surface area contributed by atoms with Crippen molar-refractivity contribution in [3.8, 4) is 0 Å². The number of carbonyl (C=O) groups excluding carboxylic acids is 3. The molecule has 1 unspecified atom stereocenters. The van der Waals surface area contributed by atoms with Crippen LogP contribution in [-0.4, -0.2) is 37.2 Å². The summed E-state index contributed by atoms with van der Waals surface area (Å²) in [7, 11) is 0. The predicted octanol–water partition coefficient (Wildman–Crippen LogP) is 19.7. The number of ether oxygens (including phenoxy) is 3. The zero-order valence-corrected chi connectivity index (χ0v) is 44.7. The van der Waals surface area contributed by atoms with E-state index in [1.807, 2.05) is 0 Å². The van der Waals surface area contributed by atoms with E-state index in [0.29, 0.717) is 19.3 Å². The van der Waals surface area contributed by atoms with Crippen LogP contribution in [0.15, 0.2) is 12.2 Å². The van der Waals surface area contributed by atoms with E-state index in [-0.39, 0.29) is 31.1 Å². The normalized spacial score (nSPS) is 12.0. The maximum absolute atomic E-state index is 12.8. The van der Waals surface area contributed by atoms with Crippen LogP contribution in [0.4, 0.5) is 0 Å². The fourth-order valence-electron chi connectivity index (χ4n) is 9.03. The summed E-state index contributed by atoms with van der Waals surface area (Å²) in [5.41, 5.74) is 0. The number of carbonyl (C=O) groups is 3. The SMILES string of the molecule is CCCCCCCC/C=C\CCCCCCCC(=O)OC(COC(=O)CCCCCCCCCCCC)COC(=O)CCCCCCCCCCCCCCCCCCCCCCCCC. The summed E-state index contributed by atoms with van der Waals surface area (Å²) < 4.78 is 16.9. The standard InChI is InChI=1S/C60H114O6/c1-4-7-10-13-16-19-22-24-26-27-28-29-30-31-32-33-35-36-38-41-44-47-50-53-59(62)65-56-57(55-64-58(61)52-49-46-43-40-21-18-15-12-9-6-3)66-60(63)54-51-48-45-42-39-37-34-25-23-20-17-14-11-8-5-2/h25,34,57H,4-24,26-33,35-56H2,1-3H3/b34-25-. The maximum Gasteiger partial charge on any atom is 0.306 e. The van der Waals surface area contributed by atoms with E-state index >= 15 is 0 Å². The molecule has 6 heteroatoms. The lowest BCUT2D eigenvalue weighted by molar-refractivity contribution is -0.167. The molecule has 0 rings (SSSR count). The van der Waals surface area contributed by atoms with Gasteiger partial charge in [0.1, 0.15) is 13.2 Å². The molecule has 0 fully saturated rings. The van der Waals surface area contributed by atoms with Gasteiger partial charge in [-0.25, -0.2) is 0 Å². The second-order valence-corrected chi connectivity index (χ2v) is 20.3. The topological polar surface area (TPSA) is 78.9 Å². The van der Waals surface area contributed by atoms with E-state index in [0.717, 1.165) is 64.2 Å². The number of allylic oxidation sites excluding steroid dienone is 2. The average Bonchev–Trinajstić information content (AvgIpc) is 3.31. The highest BCUT2D eigenvalue weighted by atomic mass is 16.6. The Kier molecular flexibility index (Phi) is 54.2. The van der Waals surface area contributed by atoms with Crippen LogP contribution in [0.1, 0.15) is 335 Å². The lowest BCUT2D eigenvalue weighted by atomic mass is 10.0. The number of esters is 3. The van der Waals surface area contributed by atoms with Crippen LogP contribution in [0.2, 0.25) is 0 Å². The molecule has 0 heterocycles. The first-order valence-corrected chi connectivity index (χ1v) is 29.7. The highest BCUT2D eigenvalue weighted by Gasteiger charge is 2.19. The van der Waals surface area contributed by atoms with Crippen molar-refractivity contribution in [3.63, 3.8) is 0 Å². The van der Waals surface area contributed by atoms with Crippen molar-refractivity contribution in [2.45, 2.75) is 341 Å². The Morgan fingerprint density at radius 3 is 0.758 bits per heavy atom. The second-order valence-electron chi connectivity index (χ2n) is 20.3. The van der Waals surface area contributed by atoms with Crippen LogP contribution in [0.25, 0.3) is 0 Å². The van der Waals surface area contributed by atoms with Crippen LogP contribution in [-0.2, 0) is 28.6 Å². The second kappa shape index (κ2) is 55.7. The van der Waals surface area contributed by atoms with Gasteiger partial charge in [-0.2, -0.15) is 0 Å². The Hall–Kier alpha value is -1.85. The highest BCUT2D eigenvalue weighted by Crippen LogP contribution is 2.17. The summed E-state index contributed by atoms with van der Waals surface area (Å²) in [5, 5.41) is 0. The Labute approximate surface area is 411 Å². The summed E-state index contributed by atoms with van der Waals surface area (Å²) in [5.74, 6) is -0.855. The van der Waals surface area contributed by atoms with Crippen molar-refractivity contribution in [1.82, 2.24) is 0 Å². The number of rotatable bonds is 55. The van der Waals surface area contributed by atoms with Gasteiger partial charge in [-0.3, -0.25) is 14.4 Å². The molecule has 0 saturated carbocycles. The van der Waals surface area contributed by atoms with Gasteiger partial charge in [-0.15, -0.1) is 0 Å². The molecular weight excluding hydrogens is 817 g/mol. The zero-order valence-electron chi connectivity index (χ0n) is 44.7. The molecule has 1 atom stereocenters. The van der Waals surface area contributed by atoms with Crippen LogP contribution in [0, 0.1) is 0 Å². The van der Waals surface area contributed by atoms with Gasteiger partial charge in [0.25, 0.3) is 0 Å². The van der Waals surface area contributed by atoms with Gasteiger partial charge in [-0.05, 0) is 44.9 Å². The van der Waals surface area contributed by atoms with Crippen molar-refractivity contribution >= 4 is 17.9 Å². The molecule has 0 aliphatic heterocycles. The fraction of sp³-hybridized carbons (Fsp3) is 0.917. The van der Waals surface area contributed by atoms with Gasteiger partial charge < -0.3 is 14.2 Å². The monoisotopic (exact) mass is 931 g/mol. The highest BCUT2D eigenvalue weighted by molar-refractivity contribution is 5.71. The van der Waals surface area contributed by atoms with E-state index < -0.39 is 6.10 Å². The third kappa shape index (κ3) is 53.1. The first-order chi connectivity index (χ1) is 32.5. The summed E-state index contributed by atoms with van der Waals surface area (Å²) in [6.45, 7) is 6.67. The van der Waals surface area contributed by atoms with Gasteiger partial charge in [0.15, 0.2) is 6.10 Å². The minimum Gasteiger partial charge on any atom is -0.462 e. The quantitative estimate of drug-likeness (QED) is 0.0262. The van der Waals surface area contributed by atoms with Crippen LogP contribution < -0.4 is 0 Å². The van der Waals surface area contributed by atoms with Gasteiger partial charge >= 0.3 is 17.9 Å². The van der Waals surface area contributed by atoms with Crippen molar-refractivity contribution < 1.29 is 28.6 Å². The lowest BCUT2D eigenvalue weighted by Gasteiger charge is -2.18. The molecule has 0 aliphatic rings. The van der Waals surface area contributed by atoms with E-state index in [2.05, 4.69) is 32.9 Å². The number of hydrogen-bond donors (Lipinski definition) is 0. The van der Waals surface area contributed by atoms with Crippen molar-refractivity contribution in [3.05, 3.63) is 12.2 Å². The predicted molar refractivity (Wildman–Crippen MR) is 284 cm³/mol. The van der Waals surface area contributed by atoms with Crippen molar-refractivity contribution in [1.29, 1.82) is 0 Å². The molecule has 6 nitrogen and oxygen atoms in total. The molecule has 66 heavy (non-hydrogen) atoms. The molecule has 0 aliphatic carbocycles. The molecule has 0 N–H and O–H groups in total. The Morgan fingerprint density at radius 2 is 0.500 bits per heavy atom. The van der Waals surface area contributed by atoms with E-state index in [4.69, 9.17) is 14.2 Å². The van der Waals surface area contributed by atoms with Gasteiger partial charge in [-0.1, -0.05) is 283 Å². The van der Waals surface area contributed by atoms with Crippen LogP contribution in [0.5, 0.6) is 0 Å². The molecular formula is C60H114O6. The smallest absolute Gasteiger partial charge is 0.306 e.